The predicted molar refractivity (Wildman–Crippen MR) is 106 cm³/mol. The van der Waals surface area contributed by atoms with E-state index < -0.39 is 5.97 Å². The minimum Gasteiger partial charge on any atom is -0.462 e. The van der Waals surface area contributed by atoms with Gasteiger partial charge < -0.3 is 10.1 Å². The van der Waals surface area contributed by atoms with Gasteiger partial charge in [-0.1, -0.05) is 42.1 Å². The van der Waals surface area contributed by atoms with Crippen LogP contribution in [-0.2, 0) is 14.3 Å². The molecule has 0 radical (unpaired) electrons. The van der Waals surface area contributed by atoms with Crippen molar-refractivity contribution in [2.45, 2.75) is 6.92 Å². The number of thioether (sulfide) groups is 1. The van der Waals surface area contributed by atoms with Crippen molar-refractivity contribution in [3.8, 4) is 0 Å². The maximum absolute atomic E-state index is 12.1. The third-order valence-corrected chi connectivity index (χ3v) is 5.30. The molecule has 0 aromatic heterocycles. The van der Waals surface area contributed by atoms with Crippen LogP contribution in [-0.4, -0.2) is 24.1 Å². The van der Waals surface area contributed by atoms with Crippen molar-refractivity contribution < 1.29 is 14.3 Å². The van der Waals surface area contributed by atoms with Gasteiger partial charge in [-0.15, -0.1) is 0 Å². The van der Waals surface area contributed by atoms with Crippen LogP contribution in [0.4, 0.5) is 5.69 Å². The molecule has 4 rings (SSSR count). The van der Waals surface area contributed by atoms with Crippen LogP contribution in [0.15, 0.2) is 65.2 Å². The molecule has 0 fully saturated rings. The van der Waals surface area contributed by atoms with Gasteiger partial charge in [0.2, 0.25) is 0 Å². The Hall–Kier alpha value is -2.79. The highest BCUT2D eigenvalue weighted by molar-refractivity contribution is 8.04. The highest BCUT2D eigenvalue weighted by atomic mass is 32.2. The number of carbonyl (C=O) groups excluding carboxylic acids is 2. The summed E-state index contributed by atoms with van der Waals surface area (Å²) in [5.41, 5.74) is 0.960. The van der Waals surface area contributed by atoms with Crippen molar-refractivity contribution >= 4 is 50.7 Å². The number of esters is 1. The first kappa shape index (κ1) is 16.7. The van der Waals surface area contributed by atoms with Crippen molar-refractivity contribution in [1.82, 2.24) is 0 Å². The molecule has 0 amide bonds. The number of Topliss-reactive ketones (excluding diaryl/α,β-unsaturated/α-hetero) is 1. The number of hydrogen-bond donors (Lipinski definition) is 1. The fourth-order valence-electron chi connectivity index (χ4n) is 3.07. The fourth-order valence-corrected chi connectivity index (χ4v) is 4.02. The summed E-state index contributed by atoms with van der Waals surface area (Å²) in [6.07, 6.45) is 0. The van der Waals surface area contributed by atoms with E-state index in [9.17, 15) is 9.59 Å². The fraction of sp³-hybridized carbons (Fsp3) is 0.143. The summed E-state index contributed by atoms with van der Waals surface area (Å²) < 4.78 is 5.01. The number of benzene rings is 3. The van der Waals surface area contributed by atoms with E-state index >= 15 is 0 Å². The molecule has 0 saturated heterocycles. The molecule has 0 saturated carbocycles. The number of ketones is 1. The average Bonchev–Trinajstić information content (AvgIpc) is 3.00. The molecule has 130 valence electrons. The van der Waals surface area contributed by atoms with E-state index in [-0.39, 0.29) is 23.7 Å². The Morgan fingerprint density at radius 1 is 1.04 bits per heavy atom. The molecule has 0 bridgehead atoms. The van der Waals surface area contributed by atoms with Crippen LogP contribution in [0.3, 0.4) is 0 Å². The second-order valence-corrected chi connectivity index (χ2v) is 7.01. The molecule has 26 heavy (non-hydrogen) atoms. The first-order valence-electron chi connectivity index (χ1n) is 8.42. The Kier molecular flexibility index (Phi) is 4.39. The number of hydrogen-bond acceptors (Lipinski definition) is 5. The highest BCUT2D eigenvalue weighted by Gasteiger charge is 2.30. The summed E-state index contributed by atoms with van der Waals surface area (Å²) >= 11 is 1.33. The van der Waals surface area contributed by atoms with Crippen molar-refractivity contribution in [2.75, 3.05) is 17.7 Å². The standard InChI is InChI=1S/C21H17NO3S/c1-2-25-21(24)19-18(23)12-26-20(19)22-17-8-7-15-9-13-5-3-4-6-14(13)10-16(15)11-17/h3-11,22H,2,12H2,1H3. The molecule has 1 N–H and O–H groups in total. The molecule has 0 aliphatic carbocycles. The lowest BCUT2D eigenvalue weighted by Crippen LogP contribution is -2.16. The van der Waals surface area contributed by atoms with Crippen LogP contribution in [0.5, 0.6) is 0 Å². The van der Waals surface area contributed by atoms with Crippen molar-refractivity contribution in [2.24, 2.45) is 0 Å². The number of rotatable bonds is 4. The second-order valence-electron chi connectivity index (χ2n) is 6.02. The Bertz CT molecular complexity index is 1070. The van der Waals surface area contributed by atoms with Crippen LogP contribution < -0.4 is 5.32 Å². The van der Waals surface area contributed by atoms with E-state index in [1.165, 1.54) is 22.5 Å². The van der Waals surface area contributed by atoms with E-state index in [0.29, 0.717) is 5.03 Å². The molecular weight excluding hydrogens is 346 g/mol. The van der Waals surface area contributed by atoms with Gasteiger partial charge >= 0.3 is 5.97 Å². The first-order chi connectivity index (χ1) is 12.7. The number of nitrogens with one attached hydrogen (secondary N) is 1. The summed E-state index contributed by atoms with van der Waals surface area (Å²) in [5, 5.41) is 8.40. The summed E-state index contributed by atoms with van der Waals surface area (Å²) in [6.45, 7) is 1.97. The Morgan fingerprint density at radius 2 is 1.73 bits per heavy atom. The Labute approximate surface area is 155 Å². The van der Waals surface area contributed by atoms with Crippen LogP contribution >= 0.6 is 11.8 Å². The smallest absolute Gasteiger partial charge is 0.344 e. The summed E-state index contributed by atoms with van der Waals surface area (Å²) in [6, 6.07) is 18.6. The van der Waals surface area contributed by atoms with Crippen LogP contribution in [0.2, 0.25) is 0 Å². The van der Waals surface area contributed by atoms with E-state index in [2.05, 4.69) is 29.6 Å². The monoisotopic (exact) mass is 363 g/mol. The van der Waals surface area contributed by atoms with Crippen molar-refractivity contribution in [1.29, 1.82) is 0 Å². The van der Waals surface area contributed by atoms with Gasteiger partial charge in [-0.2, -0.15) is 0 Å². The third-order valence-electron chi connectivity index (χ3n) is 4.30. The summed E-state index contributed by atoms with van der Waals surface area (Å²) in [7, 11) is 0. The largest absolute Gasteiger partial charge is 0.462 e. The van der Waals surface area contributed by atoms with E-state index in [4.69, 9.17) is 4.74 Å². The molecule has 1 aliphatic rings. The van der Waals surface area contributed by atoms with Gasteiger partial charge in [-0.05, 0) is 52.7 Å². The van der Waals surface area contributed by atoms with Gasteiger partial charge in [-0.3, -0.25) is 4.79 Å². The lowest BCUT2D eigenvalue weighted by molar-refractivity contribution is -0.139. The molecule has 1 heterocycles. The zero-order chi connectivity index (χ0) is 18.1. The maximum Gasteiger partial charge on any atom is 0.344 e. The highest BCUT2D eigenvalue weighted by Crippen LogP contribution is 2.32. The molecule has 1 aliphatic heterocycles. The Balaban J connectivity index is 1.71. The van der Waals surface area contributed by atoms with E-state index in [0.717, 1.165) is 16.5 Å². The molecule has 0 spiro atoms. The quantitative estimate of drug-likeness (QED) is 0.420. The van der Waals surface area contributed by atoms with Crippen LogP contribution in [0.1, 0.15) is 6.92 Å². The minimum atomic E-state index is -0.559. The maximum atomic E-state index is 12.1. The van der Waals surface area contributed by atoms with E-state index in [1.807, 2.05) is 30.3 Å². The number of ether oxygens (including phenoxy) is 1. The van der Waals surface area contributed by atoms with Crippen molar-refractivity contribution in [3.63, 3.8) is 0 Å². The Morgan fingerprint density at radius 3 is 2.46 bits per heavy atom. The number of carbonyl (C=O) groups is 2. The van der Waals surface area contributed by atoms with Gasteiger partial charge in [0, 0.05) is 5.69 Å². The van der Waals surface area contributed by atoms with Gasteiger partial charge in [0.05, 0.1) is 17.4 Å². The van der Waals surface area contributed by atoms with Crippen molar-refractivity contribution in [3.05, 3.63) is 65.2 Å². The molecule has 0 atom stereocenters. The molecule has 3 aromatic rings. The van der Waals surface area contributed by atoms with Gasteiger partial charge in [-0.25, -0.2) is 4.79 Å². The topological polar surface area (TPSA) is 55.4 Å². The molecule has 5 heteroatoms. The number of anilines is 1. The zero-order valence-corrected chi connectivity index (χ0v) is 15.1. The molecule has 4 nitrogen and oxygen atoms in total. The zero-order valence-electron chi connectivity index (χ0n) is 14.2. The van der Waals surface area contributed by atoms with Crippen LogP contribution in [0.25, 0.3) is 21.5 Å². The van der Waals surface area contributed by atoms with Gasteiger partial charge in [0.1, 0.15) is 5.57 Å². The minimum absolute atomic E-state index is 0.121. The second kappa shape index (κ2) is 6.84. The third kappa shape index (κ3) is 3.06. The van der Waals surface area contributed by atoms with E-state index in [1.54, 1.807) is 6.92 Å². The normalized spacial score (nSPS) is 14.3. The summed E-state index contributed by atoms with van der Waals surface area (Å²) in [4.78, 5) is 24.1. The number of fused-ring (bicyclic) bond motifs is 2. The lowest BCUT2D eigenvalue weighted by Gasteiger charge is -2.10. The summed E-state index contributed by atoms with van der Waals surface area (Å²) in [5.74, 6) is -0.492. The average molecular weight is 363 g/mol. The molecule has 3 aromatic carbocycles. The molecule has 0 unspecified atom stereocenters. The van der Waals surface area contributed by atoms with Gasteiger partial charge in [0.15, 0.2) is 5.78 Å². The first-order valence-corrected chi connectivity index (χ1v) is 9.41. The predicted octanol–water partition coefficient (Wildman–Crippen LogP) is 4.50. The SMILES string of the molecule is CCOC(=O)C1=C(Nc2ccc3cc4ccccc4cc3c2)SCC1=O. The van der Waals surface area contributed by atoms with Gasteiger partial charge in [0.25, 0.3) is 0 Å². The molecular formula is C21H17NO3S. The lowest BCUT2D eigenvalue weighted by atomic mass is 10.0. The van der Waals surface area contributed by atoms with Crippen LogP contribution in [0, 0.1) is 0 Å².